The lowest BCUT2D eigenvalue weighted by atomic mass is 9.98. The van der Waals surface area contributed by atoms with Crippen molar-refractivity contribution in [1.29, 1.82) is 0 Å². The molecule has 0 radical (unpaired) electrons. The van der Waals surface area contributed by atoms with Crippen LogP contribution in [0, 0.1) is 5.92 Å². The fourth-order valence-corrected chi connectivity index (χ4v) is 4.45. The van der Waals surface area contributed by atoms with Gasteiger partial charge in [-0.1, -0.05) is 96.8 Å². The molecule has 0 unspecified atom stereocenters. The summed E-state index contributed by atoms with van der Waals surface area (Å²) in [6.45, 7) is 8.40. The van der Waals surface area contributed by atoms with Crippen molar-refractivity contribution in [3.05, 3.63) is 0 Å². The second kappa shape index (κ2) is 23.6. The van der Waals surface area contributed by atoms with Gasteiger partial charge in [-0.3, -0.25) is 9.59 Å². The lowest BCUT2D eigenvalue weighted by Gasteiger charge is -2.18. The molecule has 0 aromatic heterocycles. The van der Waals surface area contributed by atoms with E-state index in [1.165, 1.54) is 77.0 Å². The molecule has 0 spiro atoms. The smallest absolute Gasteiger partial charge is 0.232 e. The Balaban J connectivity index is 2.15. The van der Waals surface area contributed by atoms with Gasteiger partial charge in [0, 0.05) is 52.4 Å². The fraction of sp³-hybridized carbons (Fsp3) is 0.926. The summed E-state index contributed by atoms with van der Waals surface area (Å²) in [6, 6.07) is 0. The first-order chi connectivity index (χ1) is 16.8. The zero-order chi connectivity index (χ0) is 24.5. The first kappa shape index (κ1) is 30.9. The maximum absolute atomic E-state index is 12.7. The molecular formula is C27H55N5O2. The SMILES string of the molecule is CCCCCCCCCCCCCCCCC1C(=O)NCCNCCNCCNCCNC1=O. The van der Waals surface area contributed by atoms with Gasteiger partial charge in [0.2, 0.25) is 11.8 Å². The Morgan fingerprint density at radius 1 is 0.500 bits per heavy atom. The van der Waals surface area contributed by atoms with Gasteiger partial charge in [0.1, 0.15) is 5.92 Å². The van der Waals surface area contributed by atoms with Gasteiger partial charge in [-0.2, -0.15) is 0 Å². The summed E-state index contributed by atoms with van der Waals surface area (Å²) >= 11 is 0. The van der Waals surface area contributed by atoms with Gasteiger partial charge < -0.3 is 26.6 Å². The summed E-state index contributed by atoms with van der Waals surface area (Å²) in [4.78, 5) is 25.3. The van der Waals surface area contributed by atoms with Crippen LogP contribution in [-0.4, -0.2) is 64.2 Å². The minimum atomic E-state index is -0.577. The minimum absolute atomic E-state index is 0.132. The number of rotatable bonds is 15. The molecule has 1 heterocycles. The molecule has 0 bridgehead atoms. The lowest BCUT2D eigenvalue weighted by molar-refractivity contribution is -0.135. The first-order valence-electron chi connectivity index (χ1n) is 14.4. The van der Waals surface area contributed by atoms with Crippen molar-refractivity contribution >= 4 is 11.8 Å². The van der Waals surface area contributed by atoms with Crippen molar-refractivity contribution in [3.63, 3.8) is 0 Å². The molecule has 7 nitrogen and oxygen atoms in total. The molecule has 1 aliphatic rings. The summed E-state index contributed by atoms with van der Waals surface area (Å²) in [5, 5.41) is 15.9. The number of hydrogen-bond donors (Lipinski definition) is 5. The van der Waals surface area contributed by atoms with E-state index in [9.17, 15) is 9.59 Å². The molecule has 0 aliphatic carbocycles. The highest BCUT2D eigenvalue weighted by Crippen LogP contribution is 2.15. The molecule has 0 aromatic carbocycles. The molecule has 7 heteroatoms. The van der Waals surface area contributed by atoms with E-state index < -0.39 is 5.92 Å². The van der Waals surface area contributed by atoms with E-state index >= 15 is 0 Å². The monoisotopic (exact) mass is 481 g/mol. The van der Waals surface area contributed by atoms with E-state index in [-0.39, 0.29) is 11.8 Å². The van der Waals surface area contributed by atoms with Crippen molar-refractivity contribution in [2.24, 2.45) is 5.92 Å². The molecule has 34 heavy (non-hydrogen) atoms. The highest BCUT2D eigenvalue weighted by Gasteiger charge is 2.25. The highest BCUT2D eigenvalue weighted by atomic mass is 16.2. The molecule has 2 amide bonds. The van der Waals surface area contributed by atoms with E-state index in [2.05, 4.69) is 33.5 Å². The zero-order valence-electron chi connectivity index (χ0n) is 22.2. The normalized spacial score (nSPS) is 17.9. The molecule has 1 fully saturated rings. The van der Waals surface area contributed by atoms with E-state index in [1.807, 2.05) is 0 Å². The van der Waals surface area contributed by atoms with Crippen molar-refractivity contribution in [1.82, 2.24) is 26.6 Å². The third-order valence-electron chi connectivity index (χ3n) is 6.64. The summed E-state index contributed by atoms with van der Waals surface area (Å²) < 4.78 is 0. The Labute approximate surface area is 209 Å². The molecular weight excluding hydrogens is 426 g/mol. The van der Waals surface area contributed by atoms with Gasteiger partial charge in [0.15, 0.2) is 0 Å². The Kier molecular flexibility index (Phi) is 21.4. The quantitative estimate of drug-likeness (QED) is 0.182. The highest BCUT2D eigenvalue weighted by molar-refractivity contribution is 6.00. The Bertz CT molecular complexity index is 464. The van der Waals surface area contributed by atoms with Crippen molar-refractivity contribution in [2.75, 3.05) is 52.4 Å². The van der Waals surface area contributed by atoms with E-state index in [1.54, 1.807) is 0 Å². The summed E-state index contributed by atoms with van der Waals surface area (Å²) in [6.07, 6.45) is 18.9. The second-order valence-corrected chi connectivity index (χ2v) is 9.77. The molecule has 5 N–H and O–H groups in total. The predicted octanol–water partition coefficient (Wildman–Crippen LogP) is 3.49. The number of nitrogens with one attached hydrogen (secondary N) is 5. The van der Waals surface area contributed by atoms with Crippen LogP contribution in [0.3, 0.4) is 0 Å². The van der Waals surface area contributed by atoms with Gasteiger partial charge in [-0.05, 0) is 6.42 Å². The molecule has 1 saturated heterocycles. The maximum Gasteiger partial charge on any atom is 0.232 e. The van der Waals surface area contributed by atoms with Crippen molar-refractivity contribution in [2.45, 2.75) is 103 Å². The predicted molar refractivity (Wildman–Crippen MR) is 143 cm³/mol. The maximum atomic E-state index is 12.7. The number of carbonyl (C=O) groups excluding carboxylic acids is 2. The largest absolute Gasteiger partial charge is 0.354 e. The number of unbranched alkanes of at least 4 members (excludes halogenated alkanes) is 13. The topological polar surface area (TPSA) is 94.3 Å². The Morgan fingerprint density at radius 3 is 1.21 bits per heavy atom. The molecule has 1 rings (SSSR count). The van der Waals surface area contributed by atoms with Crippen LogP contribution >= 0.6 is 0 Å². The summed E-state index contributed by atoms with van der Waals surface area (Å²) in [5.74, 6) is -0.841. The number of hydrogen-bond acceptors (Lipinski definition) is 5. The van der Waals surface area contributed by atoms with Gasteiger partial charge in [0.25, 0.3) is 0 Å². The molecule has 0 saturated carbocycles. The van der Waals surface area contributed by atoms with Crippen molar-refractivity contribution < 1.29 is 9.59 Å². The van der Waals surface area contributed by atoms with Crippen molar-refractivity contribution in [3.8, 4) is 0 Å². The van der Waals surface area contributed by atoms with Crippen LogP contribution in [0.25, 0.3) is 0 Å². The Hall–Kier alpha value is -1.18. The van der Waals surface area contributed by atoms with Crippen LogP contribution in [0.1, 0.15) is 103 Å². The van der Waals surface area contributed by atoms with Crippen LogP contribution in [0.2, 0.25) is 0 Å². The van der Waals surface area contributed by atoms with Gasteiger partial charge >= 0.3 is 0 Å². The third-order valence-corrected chi connectivity index (χ3v) is 6.64. The zero-order valence-corrected chi connectivity index (χ0v) is 22.2. The van der Waals surface area contributed by atoms with E-state index in [0.717, 1.165) is 52.1 Å². The van der Waals surface area contributed by atoms with Gasteiger partial charge in [0.05, 0.1) is 0 Å². The fourth-order valence-electron chi connectivity index (χ4n) is 4.45. The standard InChI is InChI=1S/C27H55N5O2/c1-2-3-4-5-6-7-8-9-10-11-12-13-14-15-16-25-26(33)31-23-21-29-19-17-28-18-20-30-22-24-32-27(25)34/h25,28-30H,2-24H2,1H3,(H,31,33)(H,32,34). The van der Waals surface area contributed by atoms with Crippen LogP contribution in [0.4, 0.5) is 0 Å². The second-order valence-electron chi connectivity index (χ2n) is 9.77. The van der Waals surface area contributed by atoms with Gasteiger partial charge in [-0.15, -0.1) is 0 Å². The molecule has 1 aliphatic heterocycles. The molecule has 0 aromatic rings. The first-order valence-corrected chi connectivity index (χ1v) is 14.4. The van der Waals surface area contributed by atoms with Crippen LogP contribution < -0.4 is 26.6 Å². The summed E-state index contributed by atoms with van der Waals surface area (Å²) in [7, 11) is 0. The average Bonchev–Trinajstić information content (AvgIpc) is 2.83. The minimum Gasteiger partial charge on any atom is -0.354 e. The van der Waals surface area contributed by atoms with Crippen LogP contribution in [0.15, 0.2) is 0 Å². The molecule has 0 atom stereocenters. The van der Waals surface area contributed by atoms with Gasteiger partial charge in [-0.25, -0.2) is 0 Å². The number of carbonyl (C=O) groups is 2. The number of amides is 2. The Morgan fingerprint density at radius 2 is 0.824 bits per heavy atom. The molecule has 200 valence electrons. The van der Waals surface area contributed by atoms with E-state index in [0.29, 0.717) is 19.5 Å². The average molecular weight is 482 g/mol. The summed E-state index contributed by atoms with van der Waals surface area (Å²) in [5.41, 5.74) is 0. The van der Waals surface area contributed by atoms with E-state index in [4.69, 9.17) is 0 Å². The van der Waals surface area contributed by atoms with Crippen LogP contribution in [-0.2, 0) is 9.59 Å². The lowest BCUT2D eigenvalue weighted by Crippen LogP contribution is -2.45. The third kappa shape index (κ3) is 18.2. The van der Waals surface area contributed by atoms with Crippen LogP contribution in [0.5, 0.6) is 0 Å².